The van der Waals surface area contributed by atoms with Crippen LogP contribution in [-0.2, 0) is 29.5 Å². The Hall–Kier alpha value is -3.60. The standard InChI is InChI=1S/C33H39NO4/c1-32(2,3)28-15-12-25(13-16-28)22-33(4)23-27-21-26(14-17-29(27)38-33)31(37)34(20-18-30(35)36)19-8-11-24-9-6-5-7-10-24/h5-7,9-10,12-17,21H,8,11,18-20,22-23H2,1-4H3,(H,35,36)/t33-/m0/s1. The molecule has 0 spiro atoms. The van der Waals surface area contributed by atoms with Crippen molar-refractivity contribution in [2.45, 2.75) is 70.8 Å². The molecule has 3 aromatic carbocycles. The molecule has 3 aromatic rings. The van der Waals surface area contributed by atoms with Gasteiger partial charge in [0.15, 0.2) is 0 Å². The van der Waals surface area contributed by atoms with Crippen molar-refractivity contribution in [3.8, 4) is 5.75 Å². The van der Waals surface area contributed by atoms with E-state index >= 15 is 0 Å². The fraction of sp³-hybridized carbons (Fsp3) is 0.394. The number of fused-ring (bicyclic) bond motifs is 1. The maximum absolute atomic E-state index is 13.5. The molecule has 0 bridgehead atoms. The van der Waals surface area contributed by atoms with Crippen molar-refractivity contribution in [1.82, 2.24) is 4.90 Å². The second kappa shape index (κ2) is 11.4. The van der Waals surface area contributed by atoms with Crippen LogP contribution in [0.15, 0.2) is 72.8 Å². The lowest BCUT2D eigenvalue weighted by molar-refractivity contribution is -0.137. The highest BCUT2D eigenvalue weighted by Crippen LogP contribution is 2.38. The van der Waals surface area contributed by atoms with Crippen molar-refractivity contribution in [2.24, 2.45) is 0 Å². The lowest BCUT2D eigenvalue weighted by Crippen LogP contribution is -2.34. The first-order valence-corrected chi connectivity index (χ1v) is 13.5. The summed E-state index contributed by atoms with van der Waals surface area (Å²) in [7, 11) is 0. The Morgan fingerprint density at radius 3 is 2.32 bits per heavy atom. The Balaban J connectivity index is 1.43. The molecule has 0 saturated heterocycles. The molecule has 0 aliphatic carbocycles. The highest BCUT2D eigenvalue weighted by Gasteiger charge is 2.35. The van der Waals surface area contributed by atoms with E-state index in [1.807, 2.05) is 30.3 Å². The van der Waals surface area contributed by atoms with Crippen LogP contribution in [-0.4, -0.2) is 40.6 Å². The molecule has 200 valence electrons. The van der Waals surface area contributed by atoms with E-state index < -0.39 is 5.97 Å². The predicted octanol–water partition coefficient (Wildman–Crippen LogP) is 6.47. The summed E-state index contributed by atoms with van der Waals surface area (Å²) in [6.07, 6.45) is 3.03. The minimum atomic E-state index is -0.903. The van der Waals surface area contributed by atoms with Crippen LogP contribution in [0.2, 0.25) is 0 Å². The van der Waals surface area contributed by atoms with Crippen molar-refractivity contribution in [3.05, 3.63) is 101 Å². The molecule has 0 unspecified atom stereocenters. The Bertz CT molecular complexity index is 1260. The van der Waals surface area contributed by atoms with Crippen molar-refractivity contribution in [3.63, 3.8) is 0 Å². The van der Waals surface area contributed by atoms with Crippen LogP contribution in [0.5, 0.6) is 5.75 Å². The Kier molecular flexibility index (Phi) is 8.25. The van der Waals surface area contributed by atoms with Gasteiger partial charge in [-0.1, -0.05) is 75.4 Å². The minimum Gasteiger partial charge on any atom is -0.487 e. The number of benzene rings is 3. The van der Waals surface area contributed by atoms with Gasteiger partial charge in [-0.2, -0.15) is 0 Å². The van der Waals surface area contributed by atoms with Gasteiger partial charge < -0.3 is 14.7 Å². The van der Waals surface area contributed by atoms with Gasteiger partial charge in [0.25, 0.3) is 5.91 Å². The third-order valence-electron chi connectivity index (χ3n) is 7.25. The molecule has 0 aromatic heterocycles. The third kappa shape index (κ3) is 7.03. The number of carboxylic acid groups (broad SMARTS) is 1. The summed E-state index contributed by atoms with van der Waals surface area (Å²) < 4.78 is 6.38. The third-order valence-corrected chi connectivity index (χ3v) is 7.25. The zero-order valence-corrected chi connectivity index (χ0v) is 23.0. The molecule has 1 heterocycles. The first-order valence-electron chi connectivity index (χ1n) is 13.5. The minimum absolute atomic E-state index is 0.0722. The summed E-state index contributed by atoms with van der Waals surface area (Å²) in [6, 6.07) is 24.5. The molecule has 1 N–H and O–H groups in total. The summed E-state index contributed by atoms with van der Waals surface area (Å²) in [4.78, 5) is 26.4. The van der Waals surface area contributed by atoms with Crippen LogP contribution in [0.1, 0.15) is 73.1 Å². The first-order chi connectivity index (χ1) is 18.0. The number of aliphatic carboxylic acids is 1. The normalized spacial score (nSPS) is 16.5. The van der Waals surface area contributed by atoms with Crippen LogP contribution < -0.4 is 4.74 Å². The van der Waals surface area contributed by atoms with Gasteiger partial charge in [-0.15, -0.1) is 0 Å². The number of hydrogen-bond acceptors (Lipinski definition) is 3. The number of carbonyl (C=O) groups is 2. The van der Waals surface area contributed by atoms with Crippen molar-refractivity contribution in [1.29, 1.82) is 0 Å². The zero-order valence-electron chi connectivity index (χ0n) is 23.0. The molecule has 1 amide bonds. The maximum Gasteiger partial charge on any atom is 0.305 e. The zero-order chi connectivity index (χ0) is 27.3. The van der Waals surface area contributed by atoms with Gasteiger partial charge in [0.05, 0.1) is 6.42 Å². The fourth-order valence-corrected chi connectivity index (χ4v) is 5.15. The number of rotatable bonds is 10. The van der Waals surface area contributed by atoms with Crippen LogP contribution in [0.25, 0.3) is 0 Å². The fourth-order valence-electron chi connectivity index (χ4n) is 5.15. The number of carboxylic acids is 1. The van der Waals surface area contributed by atoms with Gasteiger partial charge in [0.1, 0.15) is 11.4 Å². The van der Waals surface area contributed by atoms with E-state index in [0.717, 1.165) is 30.6 Å². The van der Waals surface area contributed by atoms with E-state index in [4.69, 9.17) is 4.74 Å². The molecular formula is C33H39NO4. The van der Waals surface area contributed by atoms with E-state index in [9.17, 15) is 14.7 Å². The molecular weight excluding hydrogens is 474 g/mol. The van der Waals surface area contributed by atoms with E-state index in [0.29, 0.717) is 18.5 Å². The molecule has 4 rings (SSSR count). The predicted molar refractivity (Wildman–Crippen MR) is 151 cm³/mol. The number of amides is 1. The number of ether oxygens (including phenoxy) is 1. The number of aryl methyl sites for hydroxylation is 1. The van der Waals surface area contributed by atoms with Crippen molar-refractivity contribution in [2.75, 3.05) is 13.1 Å². The van der Waals surface area contributed by atoms with Gasteiger partial charge in [0.2, 0.25) is 0 Å². The SMILES string of the molecule is CC(C)(C)c1ccc(C[C@@]2(C)Cc3cc(C(=O)N(CCCc4ccccc4)CCC(=O)O)ccc3O2)cc1. The summed E-state index contributed by atoms with van der Waals surface area (Å²) in [6.45, 7) is 9.46. The van der Waals surface area contributed by atoms with Gasteiger partial charge >= 0.3 is 5.97 Å². The average molecular weight is 514 g/mol. The average Bonchev–Trinajstić information content (AvgIpc) is 3.20. The van der Waals surface area contributed by atoms with Crippen LogP contribution in [0, 0.1) is 0 Å². The van der Waals surface area contributed by atoms with E-state index in [1.54, 1.807) is 11.0 Å². The molecule has 1 atom stereocenters. The summed E-state index contributed by atoms with van der Waals surface area (Å²) >= 11 is 0. The first kappa shape index (κ1) is 27.4. The second-order valence-corrected chi connectivity index (χ2v) is 11.7. The molecule has 5 heteroatoms. The molecule has 1 aliphatic rings. The highest BCUT2D eigenvalue weighted by molar-refractivity contribution is 5.95. The quantitative estimate of drug-likeness (QED) is 0.337. The lowest BCUT2D eigenvalue weighted by atomic mass is 9.85. The summed E-state index contributed by atoms with van der Waals surface area (Å²) in [5.74, 6) is -0.218. The number of hydrogen-bond donors (Lipinski definition) is 1. The molecule has 0 radical (unpaired) electrons. The van der Waals surface area contributed by atoms with E-state index in [1.165, 1.54) is 16.7 Å². The highest BCUT2D eigenvalue weighted by atomic mass is 16.5. The molecule has 0 saturated carbocycles. The molecule has 5 nitrogen and oxygen atoms in total. The topological polar surface area (TPSA) is 66.8 Å². The van der Waals surface area contributed by atoms with Crippen molar-refractivity contribution < 1.29 is 19.4 Å². The van der Waals surface area contributed by atoms with E-state index in [-0.39, 0.29) is 29.9 Å². The Labute approximate surface area is 226 Å². The summed E-state index contributed by atoms with van der Waals surface area (Å²) in [5.41, 5.74) is 5.07. The lowest BCUT2D eigenvalue weighted by Gasteiger charge is -2.25. The maximum atomic E-state index is 13.5. The van der Waals surface area contributed by atoms with Crippen molar-refractivity contribution >= 4 is 11.9 Å². The molecule has 1 aliphatic heterocycles. The molecule has 0 fully saturated rings. The Morgan fingerprint density at radius 1 is 0.947 bits per heavy atom. The van der Waals surface area contributed by atoms with Crippen LogP contribution in [0.3, 0.4) is 0 Å². The molecule has 38 heavy (non-hydrogen) atoms. The van der Waals surface area contributed by atoms with Gasteiger partial charge in [0, 0.05) is 31.5 Å². The van der Waals surface area contributed by atoms with Gasteiger partial charge in [-0.25, -0.2) is 0 Å². The second-order valence-electron chi connectivity index (χ2n) is 11.7. The Morgan fingerprint density at radius 2 is 1.66 bits per heavy atom. The van der Waals surface area contributed by atoms with Crippen LogP contribution in [0.4, 0.5) is 0 Å². The van der Waals surface area contributed by atoms with Gasteiger partial charge in [-0.05, 0) is 65.6 Å². The van der Waals surface area contributed by atoms with Gasteiger partial charge in [-0.3, -0.25) is 9.59 Å². The van der Waals surface area contributed by atoms with Crippen LogP contribution >= 0.6 is 0 Å². The smallest absolute Gasteiger partial charge is 0.305 e. The largest absolute Gasteiger partial charge is 0.487 e. The van der Waals surface area contributed by atoms with E-state index in [2.05, 4.69) is 64.1 Å². The number of carbonyl (C=O) groups excluding carboxylic acids is 1. The number of nitrogens with zero attached hydrogens (tertiary/aromatic N) is 1. The monoisotopic (exact) mass is 513 g/mol. The summed E-state index contributed by atoms with van der Waals surface area (Å²) in [5, 5.41) is 9.22.